The Labute approximate surface area is 107 Å². The third-order valence-electron chi connectivity index (χ3n) is 3.82. The van der Waals surface area contributed by atoms with Crippen LogP contribution >= 0.6 is 11.6 Å². The number of benzene rings is 1. The van der Waals surface area contributed by atoms with Crippen LogP contribution in [0.3, 0.4) is 0 Å². The van der Waals surface area contributed by atoms with Gasteiger partial charge in [-0.15, -0.1) is 0 Å². The lowest BCUT2D eigenvalue weighted by molar-refractivity contribution is 0.0810. The van der Waals surface area contributed by atoms with E-state index in [0.29, 0.717) is 0 Å². The Morgan fingerprint density at radius 3 is 2.82 bits per heavy atom. The van der Waals surface area contributed by atoms with Crippen molar-refractivity contribution in [3.8, 4) is 0 Å². The van der Waals surface area contributed by atoms with Crippen molar-refractivity contribution in [2.45, 2.75) is 26.7 Å². The molecule has 2 rings (SSSR count). The van der Waals surface area contributed by atoms with Gasteiger partial charge in [0, 0.05) is 22.5 Å². The van der Waals surface area contributed by atoms with Crippen LogP contribution in [-0.2, 0) is 0 Å². The fraction of sp³-hybridized carbons (Fsp3) is 0.500. The van der Waals surface area contributed by atoms with Crippen molar-refractivity contribution >= 4 is 17.4 Å². The van der Waals surface area contributed by atoms with E-state index in [1.165, 1.54) is 0 Å². The molecule has 1 aromatic carbocycles. The number of rotatable bonds is 3. The molecule has 0 bridgehead atoms. The summed E-state index contributed by atoms with van der Waals surface area (Å²) in [4.78, 5) is 12.6. The molecule has 1 saturated heterocycles. The van der Waals surface area contributed by atoms with E-state index >= 15 is 0 Å². The van der Waals surface area contributed by atoms with E-state index in [0.717, 1.165) is 42.1 Å². The Morgan fingerprint density at radius 1 is 1.53 bits per heavy atom. The average Bonchev–Trinajstić information content (AvgIpc) is 2.81. The van der Waals surface area contributed by atoms with Crippen LogP contribution in [-0.4, -0.2) is 18.9 Å². The molecule has 0 aliphatic carbocycles. The van der Waals surface area contributed by atoms with Gasteiger partial charge in [-0.25, -0.2) is 0 Å². The van der Waals surface area contributed by atoms with E-state index in [-0.39, 0.29) is 11.2 Å². The second kappa shape index (κ2) is 4.79. The fourth-order valence-corrected chi connectivity index (χ4v) is 2.61. The van der Waals surface area contributed by atoms with Crippen molar-refractivity contribution in [2.75, 3.05) is 13.1 Å². The minimum Gasteiger partial charge on any atom is -0.316 e. The highest BCUT2D eigenvalue weighted by Gasteiger charge is 2.39. The second-order valence-corrected chi connectivity index (χ2v) is 5.26. The maximum Gasteiger partial charge on any atom is 0.170 e. The lowest BCUT2D eigenvalue weighted by atomic mass is 9.77. The highest BCUT2D eigenvalue weighted by Crippen LogP contribution is 2.34. The number of aryl methyl sites for hydroxylation is 1. The van der Waals surface area contributed by atoms with Gasteiger partial charge in [0.05, 0.1) is 0 Å². The number of nitrogens with one attached hydrogen (secondary N) is 1. The van der Waals surface area contributed by atoms with Crippen LogP contribution in [0, 0.1) is 12.3 Å². The van der Waals surface area contributed by atoms with Gasteiger partial charge in [0.2, 0.25) is 0 Å². The van der Waals surface area contributed by atoms with Crippen LogP contribution in [0.2, 0.25) is 5.02 Å². The van der Waals surface area contributed by atoms with Crippen LogP contribution in [0.4, 0.5) is 0 Å². The molecule has 0 unspecified atom stereocenters. The molecule has 1 atom stereocenters. The predicted molar refractivity (Wildman–Crippen MR) is 70.7 cm³/mol. The lowest BCUT2D eigenvalue weighted by Gasteiger charge is -2.25. The molecule has 17 heavy (non-hydrogen) atoms. The normalized spacial score (nSPS) is 23.9. The van der Waals surface area contributed by atoms with E-state index in [9.17, 15) is 4.79 Å². The quantitative estimate of drug-likeness (QED) is 0.836. The molecule has 1 aliphatic rings. The summed E-state index contributed by atoms with van der Waals surface area (Å²) in [7, 11) is 0. The predicted octanol–water partition coefficient (Wildman–Crippen LogP) is 3.22. The van der Waals surface area contributed by atoms with Gasteiger partial charge in [-0.2, -0.15) is 0 Å². The number of carbonyl (C=O) groups excluding carboxylic acids is 1. The van der Waals surface area contributed by atoms with Crippen molar-refractivity contribution in [1.82, 2.24) is 5.32 Å². The SMILES string of the molecule is CC[C@]1(C(=O)c2ccc(Cl)c(C)c2)CCNC1. The number of Topliss-reactive ketones (excluding diaryl/α,β-unsaturated/α-hetero) is 1. The van der Waals surface area contributed by atoms with Crippen LogP contribution in [0.15, 0.2) is 18.2 Å². The summed E-state index contributed by atoms with van der Waals surface area (Å²) < 4.78 is 0. The largest absolute Gasteiger partial charge is 0.316 e. The highest BCUT2D eigenvalue weighted by molar-refractivity contribution is 6.31. The summed E-state index contributed by atoms with van der Waals surface area (Å²) in [5.74, 6) is 0.254. The molecule has 1 N–H and O–H groups in total. The third-order valence-corrected chi connectivity index (χ3v) is 4.25. The van der Waals surface area contributed by atoms with Crippen molar-refractivity contribution < 1.29 is 4.79 Å². The van der Waals surface area contributed by atoms with Crippen molar-refractivity contribution in [3.05, 3.63) is 34.3 Å². The molecule has 0 aromatic heterocycles. The first-order chi connectivity index (χ1) is 8.09. The molecule has 0 amide bonds. The Kier molecular flexibility index (Phi) is 3.55. The number of hydrogen-bond acceptors (Lipinski definition) is 2. The summed E-state index contributed by atoms with van der Waals surface area (Å²) in [6.07, 6.45) is 1.82. The number of halogens is 1. The highest BCUT2D eigenvalue weighted by atomic mass is 35.5. The average molecular weight is 252 g/mol. The molecule has 1 heterocycles. The Bertz CT molecular complexity index is 436. The summed E-state index contributed by atoms with van der Waals surface area (Å²) in [6.45, 7) is 5.76. The van der Waals surface area contributed by atoms with Gasteiger partial charge in [-0.1, -0.05) is 18.5 Å². The number of carbonyl (C=O) groups is 1. The number of hydrogen-bond donors (Lipinski definition) is 1. The zero-order valence-corrected chi connectivity index (χ0v) is 11.1. The van der Waals surface area contributed by atoms with Crippen LogP contribution in [0.1, 0.15) is 35.7 Å². The molecule has 0 spiro atoms. The summed E-state index contributed by atoms with van der Waals surface area (Å²) in [5.41, 5.74) is 1.55. The molecule has 3 heteroatoms. The first-order valence-electron chi connectivity index (χ1n) is 6.11. The van der Waals surface area contributed by atoms with Gasteiger partial charge in [0.15, 0.2) is 5.78 Å². The monoisotopic (exact) mass is 251 g/mol. The minimum atomic E-state index is -0.208. The van der Waals surface area contributed by atoms with Crippen molar-refractivity contribution in [1.29, 1.82) is 0 Å². The molecule has 92 valence electrons. The molecule has 1 aliphatic heterocycles. The van der Waals surface area contributed by atoms with Gasteiger partial charge in [-0.3, -0.25) is 4.79 Å². The Hall–Kier alpha value is -0.860. The van der Waals surface area contributed by atoms with Gasteiger partial charge in [0.25, 0.3) is 0 Å². The van der Waals surface area contributed by atoms with E-state index < -0.39 is 0 Å². The molecule has 1 fully saturated rings. The lowest BCUT2D eigenvalue weighted by Crippen LogP contribution is -2.33. The maximum atomic E-state index is 12.6. The zero-order chi connectivity index (χ0) is 12.5. The van der Waals surface area contributed by atoms with Gasteiger partial charge >= 0.3 is 0 Å². The summed E-state index contributed by atoms with van der Waals surface area (Å²) in [5, 5.41) is 4.01. The maximum absolute atomic E-state index is 12.6. The van der Waals surface area contributed by atoms with E-state index in [1.54, 1.807) is 0 Å². The molecular weight excluding hydrogens is 234 g/mol. The summed E-state index contributed by atoms with van der Waals surface area (Å²) >= 11 is 5.99. The van der Waals surface area contributed by atoms with Crippen LogP contribution in [0.5, 0.6) is 0 Å². The van der Waals surface area contributed by atoms with Gasteiger partial charge in [0.1, 0.15) is 0 Å². The molecule has 0 radical (unpaired) electrons. The van der Waals surface area contributed by atoms with E-state index in [1.807, 2.05) is 25.1 Å². The first-order valence-corrected chi connectivity index (χ1v) is 6.48. The van der Waals surface area contributed by atoms with E-state index in [4.69, 9.17) is 11.6 Å². The summed E-state index contributed by atoms with van der Waals surface area (Å²) in [6, 6.07) is 5.56. The molecule has 1 aromatic rings. The topological polar surface area (TPSA) is 29.1 Å². The fourth-order valence-electron chi connectivity index (χ4n) is 2.49. The van der Waals surface area contributed by atoms with Gasteiger partial charge in [-0.05, 0) is 50.1 Å². The Balaban J connectivity index is 2.32. The van der Waals surface area contributed by atoms with Crippen molar-refractivity contribution in [2.24, 2.45) is 5.41 Å². The molecular formula is C14H18ClNO. The smallest absolute Gasteiger partial charge is 0.170 e. The van der Waals surface area contributed by atoms with E-state index in [2.05, 4.69) is 12.2 Å². The minimum absolute atomic E-state index is 0.208. The van der Waals surface area contributed by atoms with Crippen LogP contribution < -0.4 is 5.32 Å². The van der Waals surface area contributed by atoms with Crippen molar-refractivity contribution in [3.63, 3.8) is 0 Å². The third kappa shape index (κ3) is 2.24. The zero-order valence-electron chi connectivity index (χ0n) is 10.3. The standard InChI is InChI=1S/C14H18ClNO/c1-3-14(6-7-16-9-14)13(17)11-4-5-12(15)10(2)8-11/h4-5,8,16H,3,6-7,9H2,1-2H3/t14-/m0/s1. The molecule has 0 saturated carbocycles. The van der Waals surface area contributed by atoms with Crippen LogP contribution in [0.25, 0.3) is 0 Å². The number of ketones is 1. The Morgan fingerprint density at radius 2 is 2.29 bits per heavy atom. The van der Waals surface area contributed by atoms with Gasteiger partial charge < -0.3 is 5.32 Å². The second-order valence-electron chi connectivity index (χ2n) is 4.85. The molecule has 2 nitrogen and oxygen atoms in total. The first kappa shape index (κ1) is 12.6.